The third-order valence-electron chi connectivity index (χ3n) is 4.37. The minimum absolute atomic E-state index is 0.0858. The quantitative estimate of drug-likeness (QED) is 0.555. The highest BCUT2D eigenvalue weighted by molar-refractivity contribution is 9.10. The zero-order chi connectivity index (χ0) is 21.5. The van der Waals surface area contributed by atoms with Crippen LogP contribution in [-0.4, -0.2) is 35.6 Å². The molecule has 0 saturated heterocycles. The maximum Gasteiger partial charge on any atom is 0.331 e. The minimum Gasteiger partial charge on any atom is -0.458 e. The summed E-state index contributed by atoms with van der Waals surface area (Å²) < 4.78 is 33.9. The molecule has 1 atom stereocenters. The van der Waals surface area contributed by atoms with Gasteiger partial charge in [0.1, 0.15) is 24.1 Å². The molecule has 0 aliphatic carbocycles. The van der Waals surface area contributed by atoms with E-state index < -0.39 is 22.0 Å². The number of esters is 1. The van der Waals surface area contributed by atoms with Crippen LogP contribution in [0.4, 0.5) is 0 Å². The predicted molar refractivity (Wildman–Crippen MR) is 112 cm³/mol. The fourth-order valence-corrected chi connectivity index (χ4v) is 4.52. The third-order valence-corrected chi connectivity index (χ3v) is 6.23. The van der Waals surface area contributed by atoms with E-state index in [0.29, 0.717) is 16.9 Å². The second-order valence-corrected chi connectivity index (χ2v) is 9.09. The van der Waals surface area contributed by atoms with Gasteiger partial charge in [-0.1, -0.05) is 12.1 Å². The summed E-state index contributed by atoms with van der Waals surface area (Å²) in [5.74, 6) is -0.591. The van der Waals surface area contributed by atoms with Crippen LogP contribution in [-0.2, 0) is 26.2 Å². The molecule has 1 aromatic carbocycles. The van der Waals surface area contributed by atoms with Gasteiger partial charge in [-0.15, -0.1) is 0 Å². The molecule has 11 heteroatoms. The minimum atomic E-state index is -3.69. The van der Waals surface area contributed by atoms with Crippen molar-refractivity contribution >= 4 is 43.4 Å². The summed E-state index contributed by atoms with van der Waals surface area (Å²) in [4.78, 5) is 33.1. The van der Waals surface area contributed by atoms with Gasteiger partial charge in [0.25, 0.3) is 15.6 Å². The van der Waals surface area contributed by atoms with Crippen molar-refractivity contribution in [3.05, 3.63) is 74.7 Å². The van der Waals surface area contributed by atoms with Crippen molar-refractivity contribution in [2.24, 2.45) is 4.99 Å². The highest BCUT2D eigenvalue weighted by Crippen LogP contribution is 2.22. The zero-order valence-electron chi connectivity index (χ0n) is 15.6. The van der Waals surface area contributed by atoms with Crippen LogP contribution >= 0.6 is 15.9 Å². The number of benzene rings is 1. The van der Waals surface area contributed by atoms with Crippen molar-refractivity contribution in [1.29, 1.82) is 0 Å². The number of nitrogens with one attached hydrogen (secondary N) is 1. The number of fused-ring (bicyclic) bond motifs is 2. The summed E-state index contributed by atoms with van der Waals surface area (Å²) in [5.41, 5.74) is 0.801. The molecule has 154 valence electrons. The van der Waals surface area contributed by atoms with Crippen LogP contribution in [0.25, 0.3) is 5.65 Å². The molecular formula is C19H15BrN4O5S. The first-order valence-corrected chi connectivity index (χ1v) is 11.1. The Morgan fingerprint density at radius 1 is 1.30 bits per heavy atom. The standard InChI is InChI=1S/C19H15BrN4O5S/c1-11(21-18-14-4-2-3-5-15(14)30(27,28)23-18)19(26)29-10-13-8-17(25)24-9-12(20)6-7-16(24)22-13/h2-9,11H,10H2,1H3,(H,21,23). The second kappa shape index (κ2) is 7.65. The zero-order valence-corrected chi connectivity index (χ0v) is 18.0. The van der Waals surface area contributed by atoms with E-state index in [1.807, 2.05) is 0 Å². The van der Waals surface area contributed by atoms with Gasteiger partial charge >= 0.3 is 5.97 Å². The topological polar surface area (TPSA) is 119 Å². The van der Waals surface area contributed by atoms with E-state index in [-0.39, 0.29) is 22.9 Å². The summed E-state index contributed by atoms with van der Waals surface area (Å²) in [5, 5.41) is 0. The number of nitrogens with zero attached hydrogens (tertiary/aromatic N) is 3. The average Bonchev–Trinajstić information content (AvgIpc) is 2.97. The Kier molecular flexibility index (Phi) is 5.16. The van der Waals surface area contributed by atoms with Crippen molar-refractivity contribution in [1.82, 2.24) is 14.1 Å². The van der Waals surface area contributed by atoms with Gasteiger partial charge in [0, 0.05) is 22.3 Å². The van der Waals surface area contributed by atoms with Gasteiger partial charge in [0.15, 0.2) is 0 Å². The number of pyridine rings is 1. The normalized spacial score (nSPS) is 16.8. The van der Waals surface area contributed by atoms with Crippen LogP contribution in [0.2, 0.25) is 0 Å². The predicted octanol–water partition coefficient (Wildman–Crippen LogP) is 1.63. The summed E-state index contributed by atoms with van der Waals surface area (Å²) in [7, 11) is -3.69. The van der Waals surface area contributed by atoms with Crippen molar-refractivity contribution in [2.75, 3.05) is 0 Å². The maximum atomic E-state index is 12.3. The molecule has 0 bridgehead atoms. The molecule has 1 N–H and O–H groups in total. The smallest absolute Gasteiger partial charge is 0.331 e. The number of carbonyl (C=O) groups is 1. The molecule has 1 unspecified atom stereocenters. The summed E-state index contributed by atoms with van der Waals surface area (Å²) in [6, 6.07) is 10.1. The van der Waals surface area contributed by atoms with Gasteiger partial charge < -0.3 is 4.74 Å². The number of hydrogen-bond acceptors (Lipinski definition) is 7. The number of aromatic nitrogens is 2. The second-order valence-electron chi connectivity index (χ2n) is 6.52. The molecule has 9 nitrogen and oxygen atoms in total. The van der Waals surface area contributed by atoms with E-state index in [1.54, 1.807) is 36.5 Å². The Balaban J connectivity index is 1.50. The lowest BCUT2D eigenvalue weighted by molar-refractivity contribution is -0.146. The molecule has 0 spiro atoms. The summed E-state index contributed by atoms with van der Waals surface area (Å²) in [6.45, 7) is 1.28. The third kappa shape index (κ3) is 3.85. The molecule has 1 aliphatic rings. The number of sulfonamides is 1. The molecule has 0 saturated carbocycles. The number of ether oxygens (including phenoxy) is 1. The molecule has 2 aromatic heterocycles. The lowest BCUT2D eigenvalue weighted by Gasteiger charge is -2.09. The highest BCUT2D eigenvalue weighted by Gasteiger charge is 2.31. The van der Waals surface area contributed by atoms with Crippen molar-refractivity contribution < 1.29 is 17.9 Å². The lowest BCUT2D eigenvalue weighted by atomic mass is 10.2. The van der Waals surface area contributed by atoms with E-state index in [2.05, 4.69) is 30.6 Å². The number of hydrogen-bond donors (Lipinski definition) is 1. The van der Waals surface area contributed by atoms with Crippen LogP contribution in [0.15, 0.2) is 67.8 Å². The van der Waals surface area contributed by atoms with E-state index >= 15 is 0 Å². The van der Waals surface area contributed by atoms with E-state index in [9.17, 15) is 18.0 Å². The van der Waals surface area contributed by atoms with E-state index in [1.165, 1.54) is 23.5 Å². The van der Waals surface area contributed by atoms with E-state index in [4.69, 9.17) is 4.74 Å². The Hall–Kier alpha value is -3.05. The summed E-state index contributed by atoms with van der Waals surface area (Å²) in [6.07, 6.45) is 1.60. The Labute approximate surface area is 179 Å². The average molecular weight is 491 g/mol. The Morgan fingerprint density at radius 2 is 2.07 bits per heavy atom. The maximum absolute atomic E-state index is 12.3. The highest BCUT2D eigenvalue weighted by atomic mass is 79.9. The van der Waals surface area contributed by atoms with Crippen LogP contribution in [0.1, 0.15) is 18.2 Å². The molecule has 4 rings (SSSR count). The van der Waals surface area contributed by atoms with E-state index in [0.717, 1.165) is 4.47 Å². The molecule has 0 fully saturated rings. The first-order chi connectivity index (χ1) is 14.2. The lowest BCUT2D eigenvalue weighted by Crippen LogP contribution is -2.27. The fourth-order valence-electron chi connectivity index (χ4n) is 2.94. The number of halogens is 1. The number of amidine groups is 1. The molecule has 30 heavy (non-hydrogen) atoms. The van der Waals surface area contributed by atoms with Crippen LogP contribution in [0.3, 0.4) is 0 Å². The molecule has 0 amide bonds. The van der Waals surface area contributed by atoms with Crippen molar-refractivity contribution in [3.63, 3.8) is 0 Å². The summed E-state index contributed by atoms with van der Waals surface area (Å²) >= 11 is 3.29. The molecule has 3 heterocycles. The first kappa shape index (κ1) is 20.2. The molecule has 1 aliphatic heterocycles. The van der Waals surface area contributed by atoms with Crippen LogP contribution < -0.4 is 10.3 Å². The van der Waals surface area contributed by atoms with Gasteiger partial charge in [-0.25, -0.2) is 18.2 Å². The number of rotatable bonds is 4. The van der Waals surface area contributed by atoms with Crippen molar-refractivity contribution in [2.45, 2.75) is 24.5 Å². The molecule has 3 aromatic rings. The Bertz CT molecular complexity index is 1370. The Morgan fingerprint density at radius 3 is 2.87 bits per heavy atom. The van der Waals surface area contributed by atoms with Crippen LogP contribution in [0, 0.1) is 0 Å². The first-order valence-electron chi connectivity index (χ1n) is 8.79. The van der Waals surface area contributed by atoms with Gasteiger partial charge in [0.05, 0.1) is 10.6 Å². The molecular weight excluding hydrogens is 476 g/mol. The van der Waals surface area contributed by atoms with Gasteiger partial charge in [-0.2, -0.15) is 0 Å². The van der Waals surface area contributed by atoms with Crippen LogP contribution in [0.5, 0.6) is 0 Å². The fraction of sp³-hybridized carbons (Fsp3) is 0.158. The largest absolute Gasteiger partial charge is 0.458 e. The number of aliphatic imine (C=N–C) groups is 1. The SMILES string of the molecule is CC(N=C1NS(=O)(=O)c2ccccc21)C(=O)OCc1cc(=O)n2cc(Br)ccc2n1. The van der Waals surface area contributed by atoms with Gasteiger partial charge in [0.2, 0.25) is 0 Å². The molecule has 0 radical (unpaired) electrons. The monoisotopic (exact) mass is 490 g/mol. The van der Waals surface area contributed by atoms with Gasteiger partial charge in [-0.05, 0) is 47.1 Å². The number of carbonyl (C=O) groups excluding carboxylic acids is 1. The van der Waals surface area contributed by atoms with Gasteiger partial charge in [-0.3, -0.25) is 18.9 Å². The van der Waals surface area contributed by atoms with Crippen molar-refractivity contribution in [3.8, 4) is 0 Å².